The lowest BCUT2D eigenvalue weighted by Gasteiger charge is -2.31. The highest BCUT2D eigenvalue weighted by Crippen LogP contribution is 2.10. The Bertz CT molecular complexity index is 304. The van der Waals surface area contributed by atoms with Crippen molar-refractivity contribution in [2.24, 2.45) is 0 Å². The second-order valence-electron chi connectivity index (χ2n) is 5.03. The number of carbonyl (C=O) groups excluding carboxylic acids is 1. The summed E-state index contributed by atoms with van der Waals surface area (Å²) in [4.78, 5) is 22.1. The summed E-state index contributed by atoms with van der Waals surface area (Å²) < 4.78 is 5.26. The van der Waals surface area contributed by atoms with E-state index in [9.17, 15) is 9.59 Å². The van der Waals surface area contributed by atoms with Crippen LogP contribution < -0.4 is 0 Å². The molecule has 0 radical (unpaired) electrons. The quantitative estimate of drug-likeness (QED) is 0.314. The molecule has 0 rings (SSSR count). The number of likely N-dealkylation sites (N-methyl/N-ethyl adjacent to an activating group) is 1. The minimum atomic E-state index is -0.830. The van der Waals surface area contributed by atoms with Crippen molar-refractivity contribution in [3.63, 3.8) is 0 Å². The first-order valence-electron chi connectivity index (χ1n) is 5.52. The van der Waals surface area contributed by atoms with Crippen molar-refractivity contribution < 1.29 is 23.9 Å². The Morgan fingerprint density at radius 3 is 2.24 bits per heavy atom. The van der Waals surface area contributed by atoms with Gasteiger partial charge in [-0.2, -0.15) is 0 Å². The van der Waals surface area contributed by atoms with Crippen LogP contribution in [0.3, 0.4) is 0 Å². The third kappa shape index (κ3) is 6.06. The van der Waals surface area contributed by atoms with Gasteiger partial charge >= 0.3 is 11.9 Å². The number of aliphatic carboxylic acids is 1. The number of hydrogen-bond acceptors (Lipinski definition) is 3. The monoisotopic (exact) mass is 244 g/mol. The lowest BCUT2D eigenvalue weighted by molar-refractivity contribution is -0.887. The van der Waals surface area contributed by atoms with Crippen molar-refractivity contribution in [2.75, 3.05) is 27.7 Å². The van der Waals surface area contributed by atoms with E-state index in [-0.39, 0.29) is 6.61 Å². The van der Waals surface area contributed by atoms with Gasteiger partial charge in [0.05, 0.1) is 27.7 Å². The van der Waals surface area contributed by atoms with E-state index in [4.69, 9.17) is 9.84 Å². The highest BCUT2D eigenvalue weighted by molar-refractivity contribution is 5.86. The summed E-state index contributed by atoms with van der Waals surface area (Å²) in [5.74, 6) is -1.26. The van der Waals surface area contributed by atoms with Crippen LogP contribution in [0.15, 0.2) is 12.2 Å². The Hall–Kier alpha value is -1.36. The molecule has 0 saturated carbocycles. The maximum atomic E-state index is 11.1. The molecule has 0 aromatic heterocycles. The standard InChI is InChI=1S/C12H21NO4/c1-9(2)12(16)17-8-6-7-10(11(14)15)13(3,4)5/h10H,1,6-8H2,2-5H3/p+1. The van der Waals surface area contributed by atoms with Gasteiger partial charge < -0.3 is 14.3 Å². The van der Waals surface area contributed by atoms with E-state index in [1.165, 1.54) is 0 Å². The van der Waals surface area contributed by atoms with Gasteiger partial charge in [0.2, 0.25) is 0 Å². The molecular weight excluding hydrogens is 222 g/mol. The normalized spacial score (nSPS) is 12.9. The fourth-order valence-corrected chi connectivity index (χ4v) is 1.41. The summed E-state index contributed by atoms with van der Waals surface area (Å²) in [5, 5.41) is 9.07. The van der Waals surface area contributed by atoms with Crippen LogP contribution in [0, 0.1) is 0 Å². The summed E-state index contributed by atoms with van der Waals surface area (Å²) in [7, 11) is 5.50. The van der Waals surface area contributed by atoms with E-state index in [0.29, 0.717) is 22.9 Å². The van der Waals surface area contributed by atoms with Gasteiger partial charge in [-0.3, -0.25) is 0 Å². The number of carboxylic acid groups (broad SMARTS) is 1. The van der Waals surface area contributed by atoms with Gasteiger partial charge in [0.15, 0.2) is 6.04 Å². The van der Waals surface area contributed by atoms with Gasteiger partial charge in [-0.05, 0) is 13.3 Å². The SMILES string of the molecule is C=C(C)C(=O)OCCCC(C(=O)O)[N+](C)(C)C. The van der Waals surface area contributed by atoms with Crippen LogP contribution >= 0.6 is 0 Å². The molecule has 0 fully saturated rings. The molecule has 0 aromatic carbocycles. The molecular formula is C12H22NO4+. The largest absolute Gasteiger partial charge is 0.477 e. The maximum Gasteiger partial charge on any atom is 0.362 e. The van der Waals surface area contributed by atoms with Gasteiger partial charge in [-0.15, -0.1) is 0 Å². The average molecular weight is 244 g/mol. The molecule has 0 aliphatic heterocycles. The third-order valence-electron chi connectivity index (χ3n) is 2.42. The molecule has 1 atom stereocenters. The van der Waals surface area contributed by atoms with Gasteiger partial charge in [0.25, 0.3) is 0 Å². The number of hydrogen-bond donors (Lipinski definition) is 1. The molecule has 1 unspecified atom stereocenters. The van der Waals surface area contributed by atoms with Crippen LogP contribution in [-0.2, 0) is 14.3 Å². The second kappa shape index (κ2) is 6.39. The minimum Gasteiger partial charge on any atom is -0.477 e. The van der Waals surface area contributed by atoms with Gasteiger partial charge in [0, 0.05) is 12.0 Å². The fraction of sp³-hybridized carbons (Fsp3) is 0.667. The van der Waals surface area contributed by atoms with E-state index in [1.54, 1.807) is 6.92 Å². The number of ether oxygens (including phenoxy) is 1. The Balaban J connectivity index is 4.05. The highest BCUT2D eigenvalue weighted by atomic mass is 16.5. The highest BCUT2D eigenvalue weighted by Gasteiger charge is 2.30. The molecule has 98 valence electrons. The van der Waals surface area contributed by atoms with Gasteiger partial charge in [-0.25, -0.2) is 9.59 Å². The summed E-state index contributed by atoms with van der Waals surface area (Å²) in [6.07, 6.45) is 1.01. The number of rotatable bonds is 7. The number of nitrogens with zero attached hydrogens (tertiary/aromatic N) is 1. The Kier molecular flexibility index (Phi) is 5.88. The first kappa shape index (κ1) is 15.6. The van der Waals surface area contributed by atoms with Crippen LogP contribution in [-0.4, -0.2) is 55.3 Å². The number of carboxylic acids is 1. The van der Waals surface area contributed by atoms with Crippen molar-refractivity contribution >= 4 is 11.9 Å². The Morgan fingerprint density at radius 1 is 1.35 bits per heavy atom. The summed E-state index contributed by atoms with van der Waals surface area (Å²) in [5.41, 5.74) is 0.353. The topological polar surface area (TPSA) is 63.6 Å². The van der Waals surface area contributed by atoms with E-state index in [1.807, 2.05) is 21.1 Å². The predicted molar refractivity (Wildman–Crippen MR) is 64.5 cm³/mol. The van der Waals surface area contributed by atoms with Crippen molar-refractivity contribution in [2.45, 2.75) is 25.8 Å². The van der Waals surface area contributed by atoms with Crippen LogP contribution in [0.5, 0.6) is 0 Å². The molecule has 1 N–H and O–H groups in total. The molecule has 0 aliphatic rings. The maximum absolute atomic E-state index is 11.1. The van der Waals surface area contributed by atoms with E-state index >= 15 is 0 Å². The third-order valence-corrected chi connectivity index (χ3v) is 2.42. The van der Waals surface area contributed by atoms with Crippen molar-refractivity contribution in [3.8, 4) is 0 Å². The number of carbonyl (C=O) groups is 2. The van der Waals surface area contributed by atoms with Crippen LogP contribution in [0.2, 0.25) is 0 Å². The lowest BCUT2D eigenvalue weighted by Crippen LogP contribution is -2.49. The molecule has 0 bridgehead atoms. The molecule has 0 saturated heterocycles. The summed E-state index contributed by atoms with van der Waals surface area (Å²) in [6.45, 7) is 5.27. The fourth-order valence-electron chi connectivity index (χ4n) is 1.41. The lowest BCUT2D eigenvalue weighted by atomic mass is 10.1. The zero-order valence-corrected chi connectivity index (χ0v) is 11.0. The van der Waals surface area contributed by atoms with Gasteiger partial charge in [-0.1, -0.05) is 6.58 Å². The Morgan fingerprint density at radius 2 is 1.88 bits per heavy atom. The zero-order chi connectivity index (χ0) is 13.6. The number of quaternary nitrogens is 1. The molecule has 0 heterocycles. The molecule has 5 heteroatoms. The first-order chi connectivity index (χ1) is 7.66. The van der Waals surface area contributed by atoms with E-state index < -0.39 is 18.0 Å². The van der Waals surface area contributed by atoms with Crippen molar-refractivity contribution in [3.05, 3.63) is 12.2 Å². The molecule has 17 heavy (non-hydrogen) atoms. The van der Waals surface area contributed by atoms with Crippen molar-refractivity contribution in [1.29, 1.82) is 0 Å². The van der Waals surface area contributed by atoms with Gasteiger partial charge in [0.1, 0.15) is 0 Å². The molecule has 0 amide bonds. The van der Waals surface area contributed by atoms with E-state index in [2.05, 4.69) is 6.58 Å². The predicted octanol–water partition coefficient (Wildman–Crippen LogP) is 1.05. The van der Waals surface area contributed by atoms with Crippen LogP contribution in [0.4, 0.5) is 0 Å². The Labute approximate surface area is 102 Å². The van der Waals surface area contributed by atoms with Crippen molar-refractivity contribution in [1.82, 2.24) is 0 Å². The first-order valence-corrected chi connectivity index (χ1v) is 5.52. The molecule has 5 nitrogen and oxygen atoms in total. The number of esters is 1. The minimum absolute atomic E-state index is 0.232. The molecule has 0 spiro atoms. The van der Waals surface area contributed by atoms with E-state index in [0.717, 1.165) is 0 Å². The average Bonchev–Trinajstić information content (AvgIpc) is 2.13. The zero-order valence-electron chi connectivity index (χ0n) is 11.0. The summed E-state index contributed by atoms with van der Waals surface area (Å²) >= 11 is 0. The van der Waals surface area contributed by atoms with Crippen LogP contribution in [0.25, 0.3) is 0 Å². The molecule has 0 aliphatic carbocycles. The second-order valence-corrected chi connectivity index (χ2v) is 5.03. The van der Waals surface area contributed by atoms with Crippen LogP contribution in [0.1, 0.15) is 19.8 Å². The summed E-state index contributed by atoms with van der Waals surface area (Å²) in [6, 6.07) is -0.487. The molecule has 0 aromatic rings. The smallest absolute Gasteiger partial charge is 0.362 e.